The fraction of sp³-hybridized carbons (Fsp3) is 0.833. The molecule has 0 amide bonds. The summed E-state index contributed by atoms with van der Waals surface area (Å²) in [6, 6.07) is -0.272. The molecule has 0 aromatic carbocycles. The molecule has 2 aliphatic rings. The SMILES string of the molecule is CCOCC(N)c1noc(C2C3CCCC32)n1. The van der Waals surface area contributed by atoms with Crippen molar-refractivity contribution in [2.45, 2.75) is 38.1 Å². The Bertz CT molecular complexity index is 383. The van der Waals surface area contributed by atoms with Crippen LogP contribution in [0.2, 0.25) is 0 Å². The molecule has 1 aromatic heterocycles. The van der Waals surface area contributed by atoms with E-state index in [4.69, 9.17) is 15.0 Å². The van der Waals surface area contributed by atoms with Crippen LogP contribution in [-0.2, 0) is 4.74 Å². The Morgan fingerprint density at radius 2 is 2.24 bits per heavy atom. The minimum atomic E-state index is -0.272. The zero-order valence-electron chi connectivity index (χ0n) is 10.1. The Morgan fingerprint density at radius 1 is 1.47 bits per heavy atom. The Kier molecular flexibility index (Phi) is 2.88. The topological polar surface area (TPSA) is 74.2 Å². The van der Waals surface area contributed by atoms with Crippen LogP contribution in [0, 0.1) is 11.8 Å². The summed E-state index contributed by atoms with van der Waals surface area (Å²) >= 11 is 0. The van der Waals surface area contributed by atoms with Gasteiger partial charge in [0.2, 0.25) is 5.89 Å². The zero-order valence-corrected chi connectivity index (χ0v) is 10.1. The van der Waals surface area contributed by atoms with Crippen molar-refractivity contribution in [2.24, 2.45) is 17.6 Å². The summed E-state index contributed by atoms with van der Waals surface area (Å²) < 4.78 is 10.6. The van der Waals surface area contributed by atoms with E-state index < -0.39 is 0 Å². The van der Waals surface area contributed by atoms with Gasteiger partial charge in [-0.3, -0.25) is 0 Å². The molecule has 2 aliphatic carbocycles. The first kappa shape index (κ1) is 11.2. The molecule has 0 bridgehead atoms. The van der Waals surface area contributed by atoms with Gasteiger partial charge in [0, 0.05) is 12.5 Å². The average Bonchev–Trinajstić information content (AvgIpc) is 2.80. The highest BCUT2D eigenvalue weighted by atomic mass is 16.5. The lowest BCUT2D eigenvalue weighted by molar-refractivity contribution is 0.130. The molecule has 2 fully saturated rings. The van der Waals surface area contributed by atoms with E-state index in [0.29, 0.717) is 25.0 Å². The Labute approximate surface area is 101 Å². The summed E-state index contributed by atoms with van der Waals surface area (Å²) in [5, 5.41) is 3.97. The monoisotopic (exact) mass is 237 g/mol. The minimum absolute atomic E-state index is 0.272. The number of nitrogens with two attached hydrogens (primary N) is 1. The van der Waals surface area contributed by atoms with Gasteiger partial charge in [-0.05, 0) is 31.6 Å². The van der Waals surface area contributed by atoms with Crippen molar-refractivity contribution in [3.63, 3.8) is 0 Å². The summed E-state index contributed by atoms with van der Waals surface area (Å²) in [5.41, 5.74) is 5.92. The van der Waals surface area contributed by atoms with Crippen LogP contribution in [0.1, 0.15) is 49.9 Å². The Morgan fingerprint density at radius 3 is 2.94 bits per heavy atom. The van der Waals surface area contributed by atoms with Crippen molar-refractivity contribution in [2.75, 3.05) is 13.2 Å². The molecule has 2 N–H and O–H groups in total. The van der Waals surface area contributed by atoms with Gasteiger partial charge in [-0.2, -0.15) is 4.98 Å². The Hall–Kier alpha value is -0.940. The molecular formula is C12H19N3O2. The van der Waals surface area contributed by atoms with E-state index in [-0.39, 0.29) is 6.04 Å². The molecule has 5 heteroatoms. The molecule has 0 radical (unpaired) electrons. The quantitative estimate of drug-likeness (QED) is 0.842. The van der Waals surface area contributed by atoms with E-state index in [2.05, 4.69) is 10.1 Å². The summed E-state index contributed by atoms with van der Waals surface area (Å²) in [4.78, 5) is 4.42. The molecule has 17 heavy (non-hydrogen) atoms. The van der Waals surface area contributed by atoms with E-state index in [0.717, 1.165) is 17.7 Å². The maximum absolute atomic E-state index is 5.92. The van der Waals surface area contributed by atoms with Crippen LogP contribution in [0.3, 0.4) is 0 Å². The van der Waals surface area contributed by atoms with E-state index in [9.17, 15) is 0 Å². The van der Waals surface area contributed by atoms with Gasteiger partial charge in [-0.25, -0.2) is 0 Å². The molecule has 94 valence electrons. The summed E-state index contributed by atoms with van der Waals surface area (Å²) in [5.74, 6) is 3.49. The molecule has 1 heterocycles. The summed E-state index contributed by atoms with van der Waals surface area (Å²) in [7, 11) is 0. The number of hydrogen-bond acceptors (Lipinski definition) is 5. The van der Waals surface area contributed by atoms with Gasteiger partial charge in [0.15, 0.2) is 5.82 Å². The molecule has 0 saturated heterocycles. The molecule has 3 unspecified atom stereocenters. The van der Waals surface area contributed by atoms with Gasteiger partial charge in [0.05, 0.1) is 12.6 Å². The fourth-order valence-electron chi connectivity index (χ4n) is 3.04. The van der Waals surface area contributed by atoms with Gasteiger partial charge in [-0.15, -0.1) is 0 Å². The predicted octanol–water partition coefficient (Wildman–Crippen LogP) is 1.62. The highest BCUT2D eigenvalue weighted by Crippen LogP contribution is 2.62. The van der Waals surface area contributed by atoms with Crippen LogP contribution in [0.25, 0.3) is 0 Å². The van der Waals surface area contributed by atoms with Crippen LogP contribution in [-0.4, -0.2) is 23.4 Å². The van der Waals surface area contributed by atoms with Gasteiger partial charge in [-0.1, -0.05) is 11.6 Å². The van der Waals surface area contributed by atoms with Gasteiger partial charge < -0.3 is 15.0 Å². The second-order valence-electron chi connectivity index (χ2n) is 5.04. The van der Waals surface area contributed by atoms with Gasteiger partial charge >= 0.3 is 0 Å². The fourth-order valence-corrected chi connectivity index (χ4v) is 3.04. The number of nitrogens with zero attached hydrogens (tertiary/aromatic N) is 2. The largest absolute Gasteiger partial charge is 0.380 e. The number of rotatable bonds is 5. The summed E-state index contributed by atoms with van der Waals surface area (Å²) in [6.45, 7) is 3.05. The highest BCUT2D eigenvalue weighted by Gasteiger charge is 2.56. The molecule has 5 nitrogen and oxygen atoms in total. The number of hydrogen-bond donors (Lipinski definition) is 1. The average molecular weight is 237 g/mol. The van der Waals surface area contributed by atoms with Crippen LogP contribution < -0.4 is 5.73 Å². The summed E-state index contributed by atoms with van der Waals surface area (Å²) in [6.07, 6.45) is 3.99. The molecular weight excluding hydrogens is 218 g/mol. The lowest BCUT2D eigenvalue weighted by Crippen LogP contribution is -2.18. The maximum atomic E-state index is 5.92. The van der Waals surface area contributed by atoms with Crippen LogP contribution in [0.15, 0.2) is 4.52 Å². The molecule has 1 aromatic rings. The third-order valence-corrected chi connectivity index (χ3v) is 3.98. The van der Waals surface area contributed by atoms with E-state index >= 15 is 0 Å². The lowest BCUT2D eigenvalue weighted by Gasteiger charge is -2.05. The van der Waals surface area contributed by atoms with Crippen LogP contribution >= 0.6 is 0 Å². The smallest absolute Gasteiger partial charge is 0.230 e. The van der Waals surface area contributed by atoms with Crippen molar-refractivity contribution >= 4 is 0 Å². The van der Waals surface area contributed by atoms with Crippen molar-refractivity contribution in [3.05, 3.63) is 11.7 Å². The Balaban J connectivity index is 1.63. The van der Waals surface area contributed by atoms with Crippen LogP contribution in [0.5, 0.6) is 0 Å². The van der Waals surface area contributed by atoms with E-state index in [1.165, 1.54) is 19.3 Å². The lowest BCUT2D eigenvalue weighted by atomic mass is 10.1. The zero-order chi connectivity index (χ0) is 11.8. The van der Waals surface area contributed by atoms with Gasteiger partial charge in [0.25, 0.3) is 0 Å². The first-order valence-corrected chi connectivity index (χ1v) is 6.48. The predicted molar refractivity (Wildman–Crippen MR) is 61.3 cm³/mol. The number of aromatic nitrogens is 2. The second kappa shape index (κ2) is 4.38. The maximum Gasteiger partial charge on any atom is 0.230 e. The van der Waals surface area contributed by atoms with E-state index in [1.54, 1.807) is 0 Å². The number of fused-ring (bicyclic) bond motifs is 1. The third kappa shape index (κ3) is 1.98. The molecule has 0 aliphatic heterocycles. The molecule has 0 spiro atoms. The molecule has 3 atom stereocenters. The molecule has 3 rings (SSSR count). The minimum Gasteiger partial charge on any atom is -0.380 e. The van der Waals surface area contributed by atoms with Crippen molar-refractivity contribution in [1.82, 2.24) is 10.1 Å². The van der Waals surface area contributed by atoms with Crippen molar-refractivity contribution in [1.29, 1.82) is 0 Å². The van der Waals surface area contributed by atoms with Crippen molar-refractivity contribution < 1.29 is 9.26 Å². The first-order valence-electron chi connectivity index (χ1n) is 6.48. The molecule has 2 saturated carbocycles. The van der Waals surface area contributed by atoms with Gasteiger partial charge in [0.1, 0.15) is 0 Å². The third-order valence-electron chi connectivity index (χ3n) is 3.98. The van der Waals surface area contributed by atoms with Crippen molar-refractivity contribution in [3.8, 4) is 0 Å². The standard InChI is InChI=1S/C12H19N3O2/c1-2-16-6-9(13)11-14-12(17-15-11)10-7-4-3-5-8(7)10/h7-10H,2-6,13H2,1H3. The second-order valence-corrected chi connectivity index (χ2v) is 5.04. The highest BCUT2D eigenvalue weighted by molar-refractivity contribution is 5.16. The van der Waals surface area contributed by atoms with Crippen LogP contribution in [0.4, 0.5) is 0 Å². The number of ether oxygens (including phenoxy) is 1. The first-order chi connectivity index (χ1) is 8.31. The van der Waals surface area contributed by atoms with E-state index in [1.807, 2.05) is 6.92 Å². The normalized spacial score (nSPS) is 32.5.